The van der Waals surface area contributed by atoms with Gasteiger partial charge in [0.15, 0.2) is 0 Å². The Bertz CT molecular complexity index is 622. The number of aromatic nitrogens is 2. The first kappa shape index (κ1) is 13.5. The maximum absolute atomic E-state index is 13.0. The van der Waals surface area contributed by atoms with Crippen molar-refractivity contribution in [3.63, 3.8) is 0 Å². The summed E-state index contributed by atoms with van der Waals surface area (Å²) in [5.41, 5.74) is -0.246. The molecule has 0 spiro atoms. The molecule has 3 rings (SSSR count). The number of rotatable bonds is 2. The largest absolute Gasteiger partial charge is 0.383 e. The minimum absolute atomic E-state index is 0.300. The third-order valence-corrected chi connectivity index (χ3v) is 4.14. The minimum Gasteiger partial charge on any atom is -0.383 e. The molecule has 1 fully saturated rings. The van der Waals surface area contributed by atoms with E-state index in [0.717, 1.165) is 15.9 Å². The molecule has 1 N–H and O–H groups in total. The van der Waals surface area contributed by atoms with Gasteiger partial charge in [-0.2, -0.15) is 0 Å². The Labute approximate surface area is 124 Å². The lowest BCUT2D eigenvalue weighted by Crippen LogP contribution is -2.31. The summed E-state index contributed by atoms with van der Waals surface area (Å²) in [5, 5.41) is 10.8. The van der Waals surface area contributed by atoms with E-state index in [1.165, 1.54) is 18.5 Å². The second-order valence-electron chi connectivity index (χ2n) is 4.90. The Hall–Kier alpha value is -1.53. The Morgan fingerprint density at radius 3 is 2.75 bits per heavy atom. The van der Waals surface area contributed by atoms with Gasteiger partial charge in [0.05, 0.1) is 11.0 Å². The summed E-state index contributed by atoms with van der Waals surface area (Å²) in [6.07, 6.45) is 3.74. The highest BCUT2D eigenvalue weighted by Crippen LogP contribution is 2.35. The fourth-order valence-electron chi connectivity index (χ4n) is 2.51. The van der Waals surface area contributed by atoms with E-state index in [1.54, 1.807) is 18.3 Å². The highest BCUT2D eigenvalue weighted by Gasteiger charge is 2.38. The van der Waals surface area contributed by atoms with Crippen molar-refractivity contribution in [3.05, 3.63) is 52.6 Å². The van der Waals surface area contributed by atoms with Crippen LogP contribution in [0.15, 0.2) is 41.3 Å². The lowest BCUT2D eigenvalue weighted by molar-refractivity contribution is 0.0605. The Morgan fingerprint density at radius 1 is 1.30 bits per heavy atom. The van der Waals surface area contributed by atoms with Crippen molar-refractivity contribution in [2.24, 2.45) is 0 Å². The van der Waals surface area contributed by atoms with Crippen molar-refractivity contribution < 1.29 is 9.50 Å². The van der Waals surface area contributed by atoms with Crippen LogP contribution in [0.25, 0.3) is 0 Å². The van der Waals surface area contributed by atoms with Crippen LogP contribution in [0, 0.1) is 5.82 Å². The van der Waals surface area contributed by atoms with Crippen LogP contribution in [0.1, 0.15) is 12.0 Å². The van der Waals surface area contributed by atoms with Gasteiger partial charge in [-0.25, -0.2) is 14.4 Å². The molecule has 1 aliphatic heterocycles. The van der Waals surface area contributed by atoms with Crippen LogP contribution in [0.5, 0.6) is 0 Å². The molecule has 2 heterocycles. The number of hydrogen-bond acceptors (Lipinski definition) is 4. The molecule has 20 heavy (non-hydrogen) atoms. The Balaban J connectivity index is 1.85. The third kappa shape index (κ3) is 2.41. The average molecular weight is 338 g/mol. The van der Waals surface area contributed by atoms with Crippen molar-refractivity contribution in [3.8, 4) is 0 Å². The Morgan fingerprint density at radius 2 is 2.05 bits per heavy atom. The predicted molar refractivity (Wildman–Crippen MR) is 76.9 cm³/mol. The molecule has 2 aromatic rings. The first-order valence-electron chi connectivity index (χ1n) is 6.27. The van der Waals surface area contributed by atoms with E-state index in [0.29, 0.717) is 19.5 Å². The molecular weight excluding hydrogens is 325 g/mol. The zero-order valence-corrected chi connectivity index (χ0v) is 12.2. The molecular formula is C14H13BrFN3O. The van der Waals surface area contributed by atoms with Gasteiger partial charge in [0.25, 0.3) is 0 Å². The molecule has 6 heteroatoms. The van der Waals surface area contributed by atoms with Gasteiger partial charge >= 0.3 is 0 Å². The summed E-state index contributed by atoms with van der Waals surface area (Å²) >= 11 is 3.41. The van der Waals surface area contributed by atoms with E-state index in [-0.39, 0.29) is 5.82 Å². The molecule has 0 radical (unpaired) electrons. The lowest BCUT2D eigenvalue weighted by Gasteiger charge is -2.24. The van der Waals surface area contributed by atoms with E-state index in [1.807, 2.05) is 4.90 Å². The molecule has 1 aliphatic rings. The molecule has 0 saturated carbocycles. The van der Waals surface area contributed by atoms with Crippen LogP contribution in [0.2, 0.25) is 0 Å². The van der Waals surface area contributed by atoms with Gasteiger partial charge in [0.1, 0.15) is 23.6 Å². The van der Waals surface area contributed by atoms with Crippen molar-refractivity contribution in [1.29, 1.82) is 0 Å². The van der Waals surface area contributed by atoms with E-state index < -0.39 is 5.60 Å². The van der Waals surface area contributed by atoms with Gasteiger partial charge in [-0.05, 0) is 40.0 Å². The first-order chi connectivity index (χ1) is 9.58. The third-order valence-electron chi connectivity index (χ3n) is 3.58. The van der Waals surface area contributed by atoms with E-state index >= 15 is 0 Å². The lowest BCUT2D eigenvalue weighted by atomic mass is 9.93. The van der Waals surface area contributed by atoms with Crippen molar-refractivity contribution in [2.75, 3.05) is 18.0 Å². The molecule has 0 amide bonds. The second kappa shape index (κ2) is 5.10. The number of benzene rings is 1. The second-order valence-corrected chi connectivity index (χ2v) is 5.76. The van der Waals surface area contributed by atoms with Gasteiger partial charge in [0.2, 0.25) is 0 Å². The van der Waals surface area contributed by atoms with Gasteiger partial charge in [-0.3, -0.25) is 0 Å². The van der Waals surface area contributed by atoms with Crippen LogP contribution >= 0.6 is 15.9 Å². The summed E-state index contributed by atoms with van der Waals surface area (Å²) in [6.45, 7) is 1.11. The van der Waals surface area contributed by atoms with Gasteiger partial charge in [0, 0.05) is 12.7 Å². The van der Waals surface area contributed by atoms with Crippen LogP contribution in [0.3, 0.4) is 0 Å². The molecule has 4 nitrogen and oxygen atoms in total. The van der Waals surface area contributed by atoms with Gasteiger partial charge in [-0.1, -0.05) is 12.1 Å². The molecule has 0 aliphatic carbocycles. The van der Waals surface area contributed by atoms with Crippen molar-refractivity contribution >= 4 is 21.7 Å². The summed E-state index contributed by atoms with van der Waals surface area (Å²) in [7, 11) is 0. The SMILES string of the molecule is OC1(c2ccc(F)cc2)CCN(c2ncncc2Br)C1. The summed E-state index contributed by atoms with van der Waals surface area (Å²) in [6, 6.07) is 6.01. The number of nitrogens with zero attached hydrogens (tertiary/aromatic N) is 3. The number of anilines is 1. The van der Waals surface area contributed by atoms with Gasteiger partial charge in [-0.15, -0.1) is 0 Å². The smallest absolute Gasteiger partial charge is 0.146 e. The topological polar surface area (TPSA) is 49.2 Å². The normalized spacial score (nSPS) is 22.2. The van der Waals surface area contributed by atoms with Crippen molar-refractivity contribution in [1.82, 2.24) is 9.97 Å². The first-order valence-corrected chi connectivity index (χ1v) is 7.07. The summed E-state index contributed by atoms with van der Waals surface area (Å²) < 4.78 is 13.8. The number of aliphatic hydroxyl groups is 1. The van der Waals surface area contributed by atoms with Crippen LogP contribution in [-0.4, -0.2) is 28.2 Å². The Kier molecular flexibility index (Phi) is 3.43. The average Bonchev–Trinajstić information content (AvgIpc) is 2.83. The quantitative estimate of drug-likeness (QED) is 0.914. The highest BCUT2D eigenvalue weighted by molar-refractivity contribution is 9.10. The maximum atomic E-state index is 13.0. The standard InChI is InChI=1S/C14H13BrFN3O/c15-12-7-17-9-18-13(12)19-6-5-14(20,8-19)10-1-3-11(16)4-2-10/h1-4,7,9,20H,5-6,8H2. The van der Waals surface area contributed by atoms with Crippen LogP contribution in [-0.2, 0) is 5.60 Å². The molecule has 1 aromatic heterocycles. The fourth-order valence-corrected chi connectivity index (χ4v) is 2.98. The van der Waals surface area contributed by atoms with Crippen molar-refractivity contribution in [2.45, 2.75) is 12.0 Å². The highest BCUT2D eigenvalue weighted by atomic mass is 79.9. The molecule has 1 unspecified atom stereocenters. The van der Waals surface area contributed by atoms with E-state index in [9.17, 15) is 9.50 Å². The molecule has 0 bridgehead atoms. The van der Waals surface area contributed by atoms with Gasteiger partial charge < -0.3 is 10.0 Å². The zero-order valence-electron chi connectivity index (χ0n) is 10.6. The molecule has 104 valence electrons. The fraction of sp³-hybridized carbons (Fsp3) is 0.286. The van der Waals surface area contributed by atoms with E-state index in [2.05, 4.69) is 25.9 Å². The molecule has 1 saturated heterocycles. The molecule has 1 atom stereocenters. The monoisotopic (exact) mass is 337 g/mol. The summed E-state index contributed by atoms with van der Waals surface area (Å²) in [5.74, 6) is 0.462. The van der Waals surface area contributed by atoms with Crippen LogP contribution < -0.4 is 4.90 Å². The number of hydrogen-bond donors (Lipinski definition) is 1. The number of β-amino-alcohol motifs (C(OH)–C–C–N with tert-alkyl or cyclic N) is 1. The number of halogens is 2. The van der Waals surface area contributed by atoms with E-state index in [4.69, 9.17) is 0 Å². The summed E-state index contributed by atoms with van der Waals surface area (Å²) in [4.78, 5) is 10.2. The predicted octanol–water partition coefficient (Wildman–Crippen LogP) is 2.48. The molecule has 1 aromatic carbocycles. The van der Waals surface area contributed by atoms with Crippen LogP contribution in [0.4, 0.5) is 10.2 Å². The maximum Gasteiger partial charge on any atom is 0.146 e. The zero-order chi connectivity index (χ0) is 14.2. The minimum atomic E-state index is -0.974.